The third-order valence-corrected chi connectivity index (χ3v) is 3.64. The zero-order valence-electron chi connectivity index (χ0n) is 13.0. The van der Waals surface area contributed by atoms with E-state index >= 15 is 0 Å². The van der Waals surface area contributed by atoms with Gasteiger partial charge < -0.3 is 15.2 Å². The quantitative estimate of drug-likeness (QED) is 0.839. The van der Waals surface area contributed by atoms with Crippen molar-refractivity contribution in [3.05, 3.63) is 29.3 Å². The number of nitrogens with one attached hydrogen (secondary N) is 1. The zero-order valence-corrected chi connectivity index (χ0v) is 13.0. The Morgan fingerprint density at radius 2 is 1.90 bits per heavy atom. The van der Waals surface area contributed by atoms with Crippen molar-refractivity contribution in [1.82, 2.24) is 5.32 Å². The van der Waals surface area contributed by atoms with Crippen molar-refractivity contribution in [2.75, 3.05) is 13.2 Å². The molecule has 0 saturated heterocycles. The second-order valence-electron chi connectivity index (χ2n) is 5.80. The Morgan fingerprint density at radius 1 is 1.35 bits per heavy atom. The van der Waals surface area contributed by atoms with Gasteiger partial charge >= 0.3 is 0 Å². The standard InChI is InChI=1S/C16H25NO3/c1-11(2)16(5,19)10-17-14(18)9-20-15-12(3)7-6-8-13(15)4/h6-8,11,19H,9-10H2,1-5H3,(H,17,18). The van der Waals surface area contributed by atoms with Crippen LogP contribution in [-0.4, -0.2) is 29.8 Å². The number of amides is 1. The molecule has 1 unspecified atom stereocenters. The van der Waals surface area contributed by atoms with Gasteiger partial charge in [-0.2, -0.15) is 0 Å². The molecule has 0 fully saturated rings. The first kappa shape index (κ1) is 16.5. The van der Waals surface area contributed by atoms with Crippen LogP contribution in [0.5, 0.6) is 5.75 Å². The fourth-order valence-electron chi connectivity index (χ4n) is 1.70. The molecular formula is C16H25NO3. The summed E-state index contributed by atoms with van der Waals surface area (Å²) in [7, 11) is 0. The number of ether oxygens (including phenoxy) is 1. The number of carbonyl (C=O) groups excluding carboxylic acids is 1. The molecule has 0 heterocycles. The van der Waals surface area contributed by atoms with Gasteiger partial charge in [0.15, 0.2) is 6.61 Å². The summed E-state index contributed by atoms with van der Waals surface area (Å²) in [5.41, 5.74) is 1.10. The highest BCUT2D eigenvalue weighted by Gasteiger charge is 2.25. The summed E-state index contributed by atoms with van der Waals surface area (Å²) < 4.78 is 5.56. The molecule has 1 aromatic rings. The van der Waals surface area contributed by atoms with Gasteiger partial charge in [-0.15, -0.1) is 0 Å². The summed E-state index contributed by atoms with van der Waals surface area (Å²) in [4.78, 5) is 11.8. The van der Waals surface area contributed by atoms with Crippen LogP contribution in [0.25, 0.3) is 0 Å². The van der Waals surface area contributed by atoms with E-state index in [1.165, 1.54) is 0 Å². The van der Waals surface area contributed by atoms with Gasteiger partial charge in [0.1, 0.15) is 5.75 Å². The van der Waals surface area contributed by atoms with Gasteiger partial charge in [-0.3, -0.25) is 4.79 Å². The van der Waals surface area contributed by atoms with E-state index in [9.17, 15) is 9.90 Å². The molecule has 0 aliphatic heterocycles. The fraction of sp³-hybridized carbons (Fsp3) is 0.562. The minimum absolute atomic E-state index is 0.0418. The number of aliphatic hydroxyl groups is 1. The maximum atomic E-state index is 11.8. The predicted molar refractivity (Wildman–Crippen MR) is 79.9 cm³/mol. The van der Waals surface area contributed by atoms with E-state index in [4.69, 9.17) is 4.74 Å². The number of hydrogen-bond donors (Lipinski definition) is 2. The molecule has 1 rings (SSSR count). The summed E-state index contributed by atoms with van der Waals surface area (Å²) in [5.74, 6) is 0.592. The largest absolute Gasteiger partial charge is 0.483 e. The molecule has 1 amide bonds. The highest BCUT2D eigenvalue weighted by Crippen LogP contribution is 2.22. The fourth-order valence-corrected chi connectivity index (χ4v) is 1.70. The van der Waals surface area contributed by atoms with Crippen LogP contribution in [0.4, 0.5) is 0 Å². The van der Waals surface area contributed by atoms with Crippen molar-refractivity contribution in [3.63, 3.8) is 0 Å². The highest BCUT2D eigenvalue weighted by atomic mass is 16.5. The molecule has 4 heteroatoms. The molecule has 0 saturated carbocycles. The Labute approximate surface area is 121 Å². The Hall–Kier alpha value is -1.55. The van der Waals surface area contributed by atoms with Crippen LogP contribution in [0.2, 0.25) is 0 Å². The van der Waals surface area contributed by atoms with E-state index in [1.807, 2.05) is 45.9 Å². The van der Waals surface area contributed by atoms with Crippen molar-refractivity contribution in [2.45, 2.75) is 40.2 Å². The molecule has 0 radical (unpaired) electrons. The number of aryl methyl sites for hydroxylation is 2. The number of hydrogen-bond acceptors (Lipinski definition) is 3. The maximum Gasteiger partial charge on any atom is 0.258 e. The lowest BCUT2D eigenvalue weighted by molar-refractivity contribution is -0.124. The monoisotopic (exact) mass is 279 g/mol. The lowest BCUT2D eigenvalue weighted by Crippen LogP contribution is -2.45. The molecule has 0 aliphatic rings. The number of carbonyl (C=O) groups is 1. The van der Waals surface area contributed by atoms with Crippen LogP contribution in [0.15, 0.2) is 18.2 Å². The Morgan fingerprint density at radius 3 is 2.40 bits per heavy atom. The molecular weight excluding hydrogens is 254 g/mol. The van der Waals surface area contributed by atoms with Crippen LogP contribution in [0.1, 0.15) is 31.9 Å². The minimum Gasteiger partial charge on any atom is -0.483 e. The smallest absolute Gasteiger partial charge is 0.258 e. The van der Waals surface area contributed by atoms with Gasteiger partial charge in [0, 0.05) is 6.54 Å². The molecule has 1 atom stereocenters. The number of para-hydroxylation sites is 1. The molecule has 1 aromatic carbocycles. The van der Waals surface area contributed by atoms with E-state index in [2.05, 4.69) is 5.32 Å². The Bertz CT molecular complexity index is 447. The van der Waals surface area contributed by atoms with Gasteiger partial charge in [-0.25, -0.2) is 0 Å². The highest BCUT2D eigenvalue weighted by molar-refractivity contribution is 5.77. The van der Waals surface area contributed by atoms with E-state index in [-0.39, 0.29) is 25.0 Å². The zero-order chi connectivity index (χ0) is 15.3. The van der Waals surface area contributed by atoms with Crippen LogP contribution >= 0.6 is 0 Å². The average molecular weight is 279 g/mol. The van der Waals surface area contributed by atoms with Crippen LogP contribution in [0.3, 0.4) is 0 Å². The van der Waals surface area contributed by atoms with Crippen molar-refractivity contribution in [2.24, 2.45) is 5.92 Å². The van der Waals surface area contributed by atoms with Gasteiger partial charge in [0.05, 0.1) is 5.60 Å². The molecule has 0 spiro atoms. The summed E-state index contributed by atoms with van der Waals surface area (Å²) in [5, 5.41) is 12.8. The van der Waals surface area contributed by atoms with Crippen molar-refractivity contribution in [1.29, 1.82) is 0 Å². The SMILES string of the molecule is Cc1cccc(C)c1OCC(=O)NCC(C)(O)C(C)C. The van der Waals surface area contributed by atoms with Gasteiger partial charge in [0.25, 0.3) is 5.91 Å². The predicted octanol–water partition coefficient (Wildman–Crippen LogP) is 2.21. The molecule has 2 N–H and O–H groups in total. The first-order valence-corrected chi connectivity index (χ1v) is 6.92. The van der Waals surface area contributed by atoms with E-state index < -0.39 is 5.60 Å². The van der Waals surface area contributed by atoms with Gasteiger partial charge in [-0.05, 0) is 37.8 Å². The first-order chi connectivity index (χ1) is 9.24. The van der Waals surface area contributed by atoms with E-state index in [0.717, 1.165) is 16.9 Å². The maximum absolute atomic E-state index is 11.8. The topological polar surface area (TPSA) is 58.6 Å². The van der Waals surface area contributed by atoms with Gasteiger partial charge in [0.2, 0.25) is 0 Å². The normalized spacial score (nSPS) is 13.9. The number of rotatable bonds is 6. The van der Waals surface area contributed by atoms with E-state index in [0.29, 0.717) is 0 Å². The van der Waals surface area contributed by atoms with Crippen LogP contribution < -0.4 is 10.1 Å². The van der Waals surface area contributed by atoms with Crippen molar-refractivity contribution < 1.29 is 14.6 Å². The second-order valence-corrected chi connectivity index (χ2v) is 5.80. The van der Waals surface area contributed by atoms with Crippen molar-refractivity contribution >= 4 is 5.91 Å². The second kappa shape index (κ2) is 6.75. The minimum atomic E-state index is -0.908. The molecule has 0 bridgehead atoms. The third kappa shape index (κ3) is 4.53. The molecule has 20 heavy (non-hydrogen) atoms. The summed E-state index contributed by atoms with van der Waals surface area (Å²) in [6.07, 6.45) is 0. The lowest BCUT2D eigenvalue weighted by atomic mass is 9.93. The molecule has 4 nitrogen and oxygen atoms in total. The molecule has 0 aliphatic carbocycles. The Balaban J connectivity index is 2.49. The first-order valence-electron chi connectivity index (χ1n) is 6.92. The van der Waals surface area contributed by atoms with Gasteiger partial charge in [-0.1, -0.05) is 32.0 Å². The summed E-state index contributed by atoms with van der Waals surface area (Å²) >= 11 is 0. The van der Waals surface area contributed by atoms with Crippen LogP contribution in [0, 0.1) is 19.8 Å². The van der Waals surface area contributed by atoms with Crippen molar-refractivity contribution in [3.8, 4) is 5.75 Å². The third-order valence-electron chi connectivity index (χ3n) is 3.64. The number of benzene rings is 1. The summed E-state index contributed by atoms with van der Waals surface area (Å²) in [6.45, 7) is 9.62. The molecule has 0 aromatic heterocycles. The Kier molecular flexibility index (Phi) is 5.57. The summed E-state index contributed by atoms with van der Waals surface area (Å²) in [6, 6.07) is 5.85. The lowest BCUT2D eigenvalue weighted by Gasteiger charge is -2.27. The molecule has 112 valence electrons. The van der Waals surface area contributed by atoms with E-state index in [1.54, 1.807) is 6.92 Å². The average Bonchev–Trinajstić information content (AvgIpc) is 2.35. The van der Waals surface area contributed by atoms with Crippen LogP contribution in [-0.2, 0) is 4.79 Å².